The summed E-state index contributed by atoms with van der Waals surface area (Å²) in [7, 11) is -9.92. The fraction of sp³-hybridized carbons (Fsp3) is 0.949. The van der Waals surface area contributed by atoms with Crippen molar-refractivity contribution in [3.63, 3.8) is 0 Å². The van der Waals surface area contributed by atoms with Gasteiger partial charge in [0.25, 0.3) is 0 Å². The first-order valence-corrected chi connectivity index (χ1v) is 43.8. The number of aliphatic hydroxyl groups is 1. The maximum atomic E-state index is 13.1. The van der Waals surface area contributed by atoms with Crippen molar-refractivity contribution in [1.82, 2.24) is 0 Å². The van der Waals surface area contributed by atoms with E-state index < -0.39 is 97.5 Å². The normalized spacial score (nSPS) is 15.2. The summed E-state index contributed by atoms with van der Waals surface area (Å²) in [5.74, 6) is 1.06. The molecule has 17 nitrogen and oxygen atoms in total. The first-order valence-electron chi connectivity index (χ1n) is 40.9. The van der Waals surface area contributed by atoms with E-state index in [9.17, 15) is 43.2 Å². The number of hydrogen-bond donors (Lipinski definition) is 3. The monoisotopic (exact) mass is 1440 g/mol. The van der Waals surface area contributed by atoms with E-state index in [-0.39, 0.29) is 25.7 Å². The van der Waals surface area contributed by atoms with Crippen molar-refractivity contribution >= 4 is 39.5 Å². The zero-order chi connectivity index (χ0) is 72.4. The van der Waals surface area contributed by atoms with Crippen molar-refractivity contribution in [3.8, 4) is 0 Å². The number of ether oxygens (including phenoxy) is 4. The lowest BCUT2D eigenvalue weighted by atomic mass is 9.99. The molecule has 6 unspecified atom stereocenters. The molecule has 0 aromatic rings. The highest BCUT2D eigenvalue weighted by molar-refractivity contribution is 7.47. The quantitative estimate of drug-likeness (QED) is 0.0222. The van der Waals surface area contributed by atoms with Crippen molar-refractivity contribution in [2.24, 2.45) is 23.7 Å². The van der Waals surface area contributed by atoms with Gasteiger partial charge < -0.3 is 33.8 Å². The predicted octanol–water partition coefficient (Wildman–Crippen LogP) is 23.2. The number of hydrogen-bond acceptors (Lipinski definition) is 15. The molecular weight excluding hydrogens is 1280 g/mol. The smallest absolute Gasteiger partial charge is 0.462 e. The van der Waals surface area contributed by atoms with Gasteiger partial charge in [-0.2, -0.15) is 0 Å². The lowest BCUT2D eigenvalue weighted by Crippen LogP contribution is -2.30. The predicted molar refractivity (Wildman–Crippen MR) is 400 cm³/mol. The number of rotatable bonds is 76. The lowest BCUT2D eigenvalue weighted by molar-refractivity contribution is -0.161. The van der Waals surface area contributed by atoms with E-state index in [0.29, 0.717) is 25.7 Å². The Morgan fingerprint density at radius 1 is 0.276 bits per heavy atom. The Hall–Kier alpha value is -1.94. The first kappa shape index (κ1) is 96.1. The Labute approximate surface area is 600 Å². The maximum Gasteiger partial charge on any atom is 0.472 e. The second-order valence-corrected chi connectivity index (χ2v) is 32.3. The van der Waals surface area contributed by atoms with Gasteiger partial charge >= 0.3 is 39.5 Å². The van der Waals surface area contributed by atoms with E-state index in [1.54, 1.807) is 0 Å². The molecule has 0 amide bonds. The van der Waals surface area contributed by atoms with Gasteiger partial charge in [-0.3, -0.25) is 37.3 Å². The van der Waals surface area contributed by atoms with Crippen LogP contribution >= 0.6 is 15.6 Å². The molecule has 0 radical (unpaired) electrons. The van der Waals surface area contributed by atoms with Crippen LogP contribution in [-0.4, -0.2) is 96.7 Å². The first-order chi connectivity index (χ1) is 47.2. The molecule has 0 rings (SSSR count). The van der Waals surface area contributed by atoms with Gasteiger partial charge in [0.15, 0.2) is 12.2 Å². The van der Waals surface area contributed by atoms with Crippen LogP contribution in [0.1, 0.15) is 402 Å². The van der Waals surface area contributed by atoms with Gasteiger partial charge in [-0.1, -0.05) is 351 Å². The molecular formula is C79H154O17P2. The Bertz CT molecular complexity index is 1930. The molecule has 0 bridgehead atoms. The average molecular weight is 1440 g/mol. The number of aliphatic hydroxyl groups excluding tert-OH is 1. The summed E-state index contributed by atoms with van der Waals surface area (Å²) in [5.41, 5.74) is 0. The van der Waals surface area contributed by atoms with Gasteiger partial charge in [-0.25, -0.2) is 9.13 Å². The molecule has 3 N–H and O–H groups in total. The molecule has 0 spiro atoms. The molecule has 0 heterocycles. The van der Waals surface area contributed by atoms with Gasteiger partial charge in [0.05, 0.1) is 26.4 Å². The topological polar surface area (TPSA) is 237 Å². The second kappa shape index (κ2) is 68.2. The largest absolute Gasteiger partial charge is 0.472 e. The number of unbranched alkanes of at least 4 members (excludes halogenated alkanes) is 38. The Morgan fingerprint density at radius 2 is 0.459 bits per heavy atom. The lowest BCUT2D eigenvalue weighted by Gasteiger charge is -2.21. The maximum absolute atomic E-state index is 13.1. The zero-order valence-electron chi connectivity index (χ0n) is 64.4. The minimum absolute atomic E-state index is 0.104. The van der Waals surface area contributed by atoms with Gasteiger partial charge in [0.2, 0.25) is 0 Å². The van der Waals surface area contributed by atoms with Crippen molar-refractivity contribution < 1.29 is 80.2 Å². The van der Waals surface area contributed by atoms with Crippen LogP contribution in [-0.2, 0) is 65.4 Å². The highest BCUT2D eigenvalue weighted by Crippen LogP contribution is 2.45. The second-order valence-electron chi connectivity index (χ2n) is 29.4. The molecule has 9 atom stereocenters. The molecule has 19 heteroatoms. The fourth-order valence-electron chi connectivity index (χ4n) is 12.0. The van der Waals surface area contributed by atoms with Crippen molar-refractivity contribution in [1.29, 1.82) is 0 Å². The third kappa shape index (κ3) is 67.2. The van der Waals surface area contributed by atoms with Gasteiger partial charge in [-0.05, 0) is 49.4 Å². The molecule has 0 aliphatic carbocycles. The van der Waals surface area contributed by atoms with Crippen LogP contribution in [0.5, 0.6) is 0 Å². The van der Waals surface area contributed by atoms with Crippen LogP contribution in [0.15, 0.2) is 0 Å². The van der Waals surface area contributed by atoms with Crippen LogP contribution in [0.4, 0.5) is 0 Å². The van der Waals surface area contributed by atoms with E-state index in [1.165, 1.54) is 199 Å². The summed E-state index contributed by atoms with van der Waals surface area (Å²) in [6, 6.07) is 0. The van der Waals surface area contributed by atoms with Crippen LogP contribution < -0.4 is 0 Å². The van der Waals surface area contributed by atoms with Gasteiger partial charge in [0, 0.05) is 25.7 Å². The summed E-state index contributed by atoms with van der Waals surface area (Å²) in [6.07, 6.45) is 54.1. The third-order valence-corrected chi connectivity index (χ3v) is 21.7. The van der Waals surface area contributed by atoms with Gasteiger partial charge in [0.1, 0.15) is 19.3 Å². The van der Waals surface area contributed by atoms with E-state index in [4.69, 9.17) is 37.0 Å². The number of phosphoric ester groups is 2. The molecule has 98 heavy (non-hydrogen) atoms. The highest BCUT2D eigenvalue weighted by atomic mass is 31.2. The molecule has 0 saturated heterocycles. The number of phosphoric acid groups is 2. The Balaban J connectivity index is 5.19. The minimum Gasteiger partial charge on any atom is -0.462 e. The van der Waals surface area contributed by atoms with E-state index in [0.717, 1.165) is 120 Å². The van der Waals surface area contributed by atoms with Crippen LogP contribution in [0.3, 0.4) is 0 Å². The molecule has 0 fully saturated rings. The molecule has 0 aliphatic heterocycles. The standard InChI is InChI=1S/C79H154O17P2/c1-9-69(5)55-47-39-31-25-21-19-17-15-13-14-16-18-20-22-28-35-45-53-61-78(83)95-75(66-90-77(82)60-52-44-38-37-42-50-58-72(8)12-4)68-94-98(87,88)92-64-73(80)63-91-97(85,86)93-67-74(96-79(84)62-54-46-36-30-29-33-41-49-57-71(7)11-3)65-89-76(81)59-51-43-34-27-24-23-26-32-40-48-56-70(6)10-2/h69-75,80H,9-68H2,1-8H3,(H,85,86)(H,87,88)/t69?,70?,71?,72?,73-,74-,75-/m1/s1. The summed E-state index contributed by atoms with van der Waals surface area (Å²) >= 11 is 0. The van der Waals surface area contributed by atoms with Crippen molar-refractivity contribution in [2.75, 3.05) is 39.6 Å². The SMILES string of the molecule is CCC(C)CCCCCCCCCCCCCCCCCCCCC(=O)O[C@H](COC(=O)CCCCCCCCC(C)CC)COP(=O)(O)OC[C@H](O)COP(=O)(O)OC[C@@H](COC(=O)CCCCCCCCCCCCC(C)CC)OC(=O)CCCCCCCCCCC(C)CC. The van der Waals surface area contributed by atoms with E-state index in [2.05, 4.69) is 55.4 Å². The number of esters is 4. The molecule has 0 saturated carbocycles. The van der Waals surface area contributed by atoms with Crippen LogP contribution in [0.2, 0.25) is 0 Å². The minimum atomic E-state index is -4.96. The zero-order valence-corrected chi connectivity index (χ0v) is 66.2. The molecule has 0 aliphatic rings. The Morgan fingerprint density at radius 3 is 0.673 bits per heavy atom. The summed E-state index contributed by atoms with van der Waals surface area (Å²) in [4.78, 5) is 72.9. The molecule has 582 valence electrons. The summed E-state index contributed by atoms with van der Waals surface area (Å²) < 4.78 is 68.6. The summed E-state index contributed by atoms with van der Waals surface area (Å²) in [5, 5.41) is 10.6. The van der Waals surface area contributed by atoms with E-state index >= 15 is 0 Å². The van der Waals surface area contributed by atoms with Crippen molar-refractivity contribution in [2.45, 2.75) is 420 Å². The van der Waals surface area contributed by atoms with Gasteiger partial charge in [-0.15, -0.1) is 0 Å². The van der Waals surface area contributed by atoms with E-state index in [1.807, 2.05) is 0 Å². The molecule has 0 aromatic heterocycles. The number of carbonyl (C=O) groups is 4. The van der Waals surface area contributed by atoms with Crippen LogP contribution in [0.25, 0.3) is 0 Å². The summed E-state index contributed by atoms with van der Waals surface area (Å²) in [6.45, 7) is 14.3. The van der Waals surface area contributed by atoms with Crippen LogP contribution in [0, 0.1) is 23.7 Å². The Kier molecular flexibility index (Phi) is 66.8. The van der Waals surface area contributed by atoms with Crippen molar-refractivity contribution in [3.05, 3.63) is 0 Å². The highest BCUT2D eigenvalue weighted by Gasteiger charge is 2.30. The fourth-order valence-corrected chi connectivity index (χ4v) is 13.5. The molecule has 0 aromatic carbocycles. The third-order valence-electron chi connectivity index (χ3n) is 19.8. The number of carbonyl (C=O) groups excluding carboxylic acids is 4. The average Bonchev–Trinajstić information content (AvgIpc) is 1.10.